The van der Waals surface area contributed by atoms with E-state index < -0.39 is 5.82 Å². The van der Waals surface area contributed by atoms with Gasteiger partial charge in [0, 0.05) is 11.4 Å². The van der Waals surface area contributed by atoms with Crippen molar-refractivity contribution in [2.24, 2.45) is 0 Å². The molecule has 0 spiro atoms. The van der Waals surface area contributed by atoms with E-state index >= 15 is 0 Å². The van der Waals surface area contributed by atoms with Crippen LogP contribution < -0.4 is 10.1 Å². The average molecular weight is 354 g/mol. The Morgan fingerprint density at radius 2 is 2.00 bits per heavy atom. The van der Waals surface area contributed by atoms with Crippen LogP contribution in [-0.4, -0.2) is 18.3 Å². The monoisotopic (exact) mass is 353 g/mol. The standard InChI is InChI=1S/C17H17ClFNO2S/c1-11(23-14-7-8-16(19)15(18)9-14)17(21)20-10-12-3-5-13(22-2)6-4-12/h3-9,11H,10H2,1-2H3,(H,20,21)/t11-/m0/s1. The second-order valence-electron chi connectivity index (χ2n) is 4.90. The van der Waals surface area contributed by atoms with Crippen LogP contribution in [0.5, 0.6) is 5.75 Å². The molecule has 0 aliphatic heterocycles. The van der Waals surface area contributed by atoms with E-state index in [0.717, 1.165) is 16.2 Å². The Morgan fingerprint density at radius 1 is 1.30 bits per heavy atom. The molecule has 0 aromatic heterocycles. The van der Waals surface area contributed by atoms with Gasteiger partial charge in [0.2, 0.25) is 5.91 Å². The fourth-order valence-electron chi connectivity index (χ4n) is 1.88. The van der Waals surface area contributed by atoms with Crippen LogP contribution in [0.4, 0.5) is 4.39 Å². The summed E-state index contributed by atoms with van der Waals surface area (Å²) in [5.41, 5.74) is 0.987. The lowest BCUT2D eigenvalue weighted by Crippen LogP contribution is -2.30. The van der Waals surface area contributed by atoms with Crippen molar-refractivity contribution < 1.29 is 13.9 Å². The third-order valence-corrected chi connectivity index (χ3v) is 4.58. The van der Waals surface area contributed by atoms with Crippen molar-refractivity contribution in [3.63, 3.8) is 0 Å². The third kappa shape index (κ3) is 5.15. The summed E-state index contributed by atoms with van der Waals surface area (Å²) in [5.74, 6) is 0.219. The van der Waals surface area contributed by atoms with E-state index in [9.17, 15) is 9.18 Å². The van der Waals surface area contributed by atoms with Gasteiger partial charge in [-0.05, 0) is 42.8 Å². The van der Waals surface area contributed by atoms with Crippen LogP contribution in [-0.2, 0) is 11.3 Å². The first-order valence-corrected chi connectivity index (χ1v) is 8.27. The van der Waals surface area contributed by atoms with Crippen molar-refractivity contribution in [1.29, 1.82) is 0 Å². The van der Waals surface area contributed by atoms with Crippen molar-refractivity contribution in [2.45, 2.75) is 23.6 Å². The summed E-state index contributed by atoms with van der Waals surface area (Å²) in [7, 11) is 1.61. The fraction of sp³-hybridized carbons (Fsp3) is 0.235. The Kier molecular flexibility index (Phi) is 6.30. The van der Waals surface area contributed by atoms with Gasteiger partial charge in [-0.15, -0.1) is 11.8 Å². The van der Waals surface area contributed by atoms with Gasteiger partial charge >= 0.3 is 0 Å². The van der Waals surface area contributed by atoms with E-state index in [0.29, 0.717) is 6.54 Å². The number of amides is 1. The Morgan fingerprint density at radius 3 is 2.61 bits per heavy atom. The number of hydrogen-bond donors (Lipinski definition) is 1. The number of thioether (sulfide) groups is 1. The number of benzene rings is 2. The molecule has 0 heterocycles. The molecule has 1 N–H and O–H groups in total. The minimum absolute atomic E-state index is 0.0563. The SMILES string of the molecule is COc1ccc(CNC(=O)[C@H](C)Sc2ccc(F)c(Cl)c2)cc1. The molecule has 3 nitrogen and oxygen atoms in total. The van der Waals surface area contributed by atoms with Crippen molar-refractivity contribution >= 4 is 29.3 Å². The van der Waals surface area contributed by atoms with E-state index in [-0.39, 0.29) is 16.2 Å². The Hall–Kier alpha value is -1.72. The highest BCUT2D eigenvalue weighted by atomic mass is 35.5. The fourth-order valence-corrected chi connectivity index (χ4v) is 3.06. The normalized spacial score (nSPS) is 11.8. The maximum absolute atomic E-state index is 13.1. The van der Waals surface area contributed by atoms with Crippen LogP contribution in [0, 0.1) is 5.82 Å². The molecule has 0 saturated heterocycles. The van der Waals surface area contributed by atoms with Gasteiger partial charge in [-0.1, -0.05) is 23.7 Å². The highest BCUT2D eigenvalue weighted by Crippen LogP contribution is 2.27. The summed E-state index contributed by atoms with van der Waals surface area (Å²) in [6.07, 6.45) is 0. The van der Waals surface area contributed by atoms with Crippen LogP contribution in [0.25, 0.3) is 0 Å². The van der Waals surface area contributed by atoms with E-state index in [4.69, 9.17) is 16.3 Å². The minimum Gasteiger partial charge on any atom is -0.497 e. The zero-order valence-corrected chi connectivity index (χ0v) is 14.4. The molecule has 0 aliphatic rings. The van der Waals surface area contributed by atoms with Gasteiger partial charge in [0.25, 0.3) is 0 Å². The minimum atomic E-state index is -0.465. The molecular weight excluding hydrogens is 337 g/mol. The number of methoxy groups -OCH3 is 1. The molecule has 2 rings (SSSR count). The highest BCUT2D eigenvalue weighted by molar-refractivity contribution is 8.00. The lowest BCUT2D eigenvalue weighted by molar-refractivity contribution is -0.120. The molecule has 0 aliphatic carbocycles. The molecule has 1 amide bonds. The quantitative estimate of drug-likeness (QED) is 0.787. The maximum Gasteiger partial charge on any atom is 0.233 e. The number of nitrogens with one attached hydrogen (secondary N) is 1. The number of ether oxygens (including phenoxy) is 1. The van der Waals surface area contributed by atoms with Gasteiger partial charge in [-0.25, -0.2) is 4.39 Å². The van der Waals surface area contributed by atoms with Crippen molar-refractivity contribution in [3.8, 4) is 5.75 Å². The Balaban J connectivity index is 1.87. The number of rotatable bonds is 6. The summed E-state index contributed by atoms with van der Waals surface area (Å²) in [5, 5.41) is 2.62. The first-order chi connectivity index (χ1) is 11.0. The van der Waals surface area contributed by atoms with Crippen molar-refractivity contribution in [3.05, 3.63) is 58.9 Å². The number of carbonyl (C=O) groups excluding carboxylic acids is 1. The smallest absolute Gasteiger partial charge is 0.233 e. The van der Waals surface area contributed by atoms with E-state index in [1.807, 2.05) is 24.3 Å². The van der Waals surface area contributed by atoms with Crippen molar-refractivity contribution in [2.75, 3.05) is 7.11 Å². The number of halogens is 2. The molecule has 2 aromatic carbocycles. The van der Waals surface area contributed by atoms with Gasteiger partial charge in [0.05, 0.1) is 17.4 Å². The van der Waals surface area contributed by atoms with E-state index in [1.54, 1.807) is 20.1 Å². The zero-order chi connectivity index (χ0) is 16.8. The van der Waals surface area contributed by atoms with Crippen LogP contribution in [0.2, 0.25) is 5.02 Å². The van der Waals surface area contributed by atoms with E-state index in [1.165, 1.54) is 23.9 Å². The molecule has 0 unspecified atom stereocenters. The van der Waals surface area contributed by atoms with Crippen molar-refractivity contribution in [1.82, 2.24) is 5.32 Å². The van der Waals surface area contributed by atoms with Gasteiger partial charge in [0.1, 0.15) is 11.6 Å². The largest absolute Gasteiger partial charge is 0.497 e. The molecule has 0 fully saturated rings. The first kappa shape index (κ1) is 17.6. The Bertz CT molecular complexity index is 679. The molecule has 1 atom stereocenters. The zero-order valence-electron chi connectivity index (χ0n) is 12.8. The topological polar surface area (TPSA) is 38.3 Å². The van der Waals surface area contributed by atoms with Crippen LogP contribution in [0.1, 0.15) is 12.5 Å². The molecule has 122 valence electrons. The van der Waals surface area contributed by atoms with Gasteiger partial charge in [0.15, 0.2) is 0 Å². The predicted octanol–water partition coefficient (Wildman–Crippen LogP) is 4.28. The predicted molar refractivity (Wildman–Crippen MR) is 91.6 cm³/mol. The van der Waals surface area contributed by atoms with Gasteiger partial charge in [-0.3, -0.25) is 4.79 Å². The van der Waals surface area contributed by atoms with E-state index in [2.05, 4.69) is 5.32 Å². The van der Waals surface area contributed by atoms with Crippen LogP contribution in [0.3, 0.4) is 0 Å². The second kappa shape index (κ2) is 8.22. The summed E-state index contributed by atoms with van der Waals surface area (Å²) < 4.78 is 18.2. The van der Waals surface area contributed by atoms with Crippen LogP contribution >= 0.6 is 23.4 Å². The molecule has 6 heteroatoms. The molecule has 0 bridgehead atoms. The number of hydrogen-bond acceptors (Lipinski definition) is 3. The summed E-state index contributed by atoms with van der Waals surface area (Å²) in [6, 6.07) is 11.9. The molecule has 23 heavy (non-hydrogen) atoms. The molecular formula is C17H17ClFNO2S. The first-order valence-electron chi connectivity index (χ1n) is 7.02. The van der Waals surface area contributed by atoms with Crippen LogP contribution in [0.15, 0.2) is 47.4 Å². The summed E-state index contributed by atoms with van der Waals surface area (Å²) in [6.45, 7) is 2.24. The average Bonchev–Trinajstić information content (AvgIpc) is 2.56. The lowest BCUT2D eigenvalue weighted by atomic mass is 10.2. The summed E-state index contributed by atoms with van der Waals surface area (Å²) >= 11 is 7.08. The third-order valence-electron chi connectivity index (χ3n) is 3.20. The number of carbonyl (C=O) groups is 1. The highest BCUT2D eigenvalue weighted by Gasteiger charge is 2.14. The maximum atomic E-state index is 13.1. The Labute approximate surface area is 144 Å². The van der Waals surface area contributed by atoms with Gasteiger partial charge < -0.3 is 10.1 Å². The second-order valence-corrected chi connectivity index (χ2v) is 6.72. The lowest BCUT2D eigenvalue weighted by Gasteiger charge is -2.12. The molecule has 2 aromatic rings. The molecule has 0 saturated carbocycles. The van der Waals surface area contributed by atoms with Gasteiger partial charge in [-0.2, -0.15) is 0 Å². The molecule has 0 radical (unpaired) electrons. The summed E-state index contributed by atoms with van der Waals surface area (Å²) in [4.78, 5) is 12.9.